The van der Waals surface area contributed by atoms with E-state index >= 15 is 0 Å². The van der Waals surface area contributed by atoms with Gasteiger partial charge in [0, 0.05) is 18.9 Å². The van der Waals surface area contributed by atoms with Gasteiger partial charge in [0.15, 0.2) is 5.65 Å². The number of hydrogen-bond donors (Lipinski definition) is 1. The minimum Gasteiger partial charge on any atom is -0.393 e. The minimum atomic E-state index is -0.281. The van der Waals surface area contributed by atoms with Crippen molar-refractivity contribution in [1.82, 2.24) is 19.2 Å². The SMILES string of the molecule is CC(O)CCCCn1nc2cnccn2c1=O. The monoisotopic (exact) mass is 236 g/mol. The van der Waals surface area contributed by atoms with Crippen LogP contribution in [0.4, 0.5) is 0 Å². The molecule has 1 N–H and O–H groups in total. The molecule has 2 heterocycles. The van der Waals surface area contributed by atoms with Gasteiger partial charge in [-0.3, -0.25) is 4.98 Å². The molecule has 0 spiro atoms. The van der Waals surface area contributed by atoms with E-state index in [0.717, 1.165) is 19.3 Å². The van der Waals surface area contributed by atoms with Crippen LogP contribution in [0.25, 0.3) is 5.65 Å². The molecule has 6 heteroatoms. The Morgan fingerprint density at radius 2 is 2.29 bits per heavy atom. The van der Waals surface area contributed by atoms with E-state index in [1.807, 2.05) is 0 Å². The Balaban J connectivity index is 2.04. The first-order chi connectivity index (χ1) is 8.18. The number of aryl methyl sites for hydroxylation is 1. The summed E-state index contributed by atoms with van der Waals surface area (Å²) in [6.45, 7) is 2.34. The molecule has 17 heavy (non-hydrogen) atoms. The van der Waals surface area contributed by atoms with Gasteiger partial charge in [0.2, 0.25) is 0 Å². The molecule has 0 aliphatic rings. The van der Waals surface area contributed by atoms with Gasteiger partial charge in [-0.25, -0.2) is 13.9 Å². The Bertz CT molecular complexity index is 544. The lowest BCUT2D eigenvalue weighted by Gasteiger charge is -2.02. The molecular weight excluding hydrogens is 220 g/mol. The number of nitrogens with zero attached hydrogens (tertiary/aromatic N) is 4. The number of fused-ring (bicyclic) bond motifs is 1. The molecule has 0 amide bonds. The maximum atomic E-state index is 11.8. The van der Waals surface area contributed by atoms with Crippen LogP contribution in [-0.4, -0.2) is 30.4 Å². The number of unbranched alkanes of at least 4 members (excludes halogenated alkanes) is 1. The van der Waals surface area contributed by atoms with E-state index in [1.165, 1.54) is 9.08 Å². The molecular formula is C11H16N4O2. The fourth-order valence-corrected chi connectivity index (χ4v) is 1.73. The fraction of sp³-hybridized carbons (Fsp3) is 0.545. The largest absolute Gasteiger partial charge is 0.393 e. The minimum absolute atomic E-state index is 0.139. The van der Waals surface area contributed by atoms with E-state index < -0.39 is 0 Å². The van der Waals surface area contributed by atoms with Crippen LogP contribution in [0.2, 0.25) is 0 Å². The van der Waals surface area contributed by atoms with E-state index in [0.29, 0.717) is 12.2 Å². The summed E-state index contributed by atoms with van der Waals surface area (Å²) in [6.07, 6.45) is 6.93. The average molecular weight is 236 g/mol. The summed E-state index contributed by atoms with van der Waals surface area (Å²) >= 11 is 0. The van der Waals surface area contributed by atoms with E-state index in [1.54, 1.807) is 25.5 Å². The van der Waals surface area contributed by atoms with Gasteiger partial charge < -0.3 is 5.11 Å². The second kappa shape index (κ2) is 5.09. The highest BCUT2D eigenvalue weighted by Gasteiger charge is 2.05. The van der Waals surface area contributed by atoms with Crippen LogP contribution < -0.4 is 5.69 Å². The second-order valence-electron chi connectivity index (χ2n) is 4.16. The highest BCUT2D eigenvalue weighted by molar-refractivity contribution is 5.31. The molecule has 0 saturated carbocycles. The molecule has 0 bridgehead atoms. The number of rotatable bonds is 5. The van der Waals surface area contributed by atoms with Gasteiger partial charge in [-0.2, -0.15) is 0 Å². The molecule has 0 aliphatic heterocycles. The zero-order valence-corrected chi connectivity index (χ0v) is 9.78. The lowest BCUT2D eigenvalue weighted by atomic mass is 10.2. The summed E-state index contributed by atoms with van der Waals surface area (Å²) in [5, 5.41) is 13.3. The molecule has 0 aromatic carbocycles. The third-order valence-electron chi connectivity index (χ3n) is 2.63. The Kier molecular flexibility index (Phi) is 3.53. The highest BCUT2D eigenvalue weighted by atomic mass is 16.3. The number of aliphatic hydroxyl groups excluding tert-OH is 1. The standard InChI is InChI=1S/C11H16N4O2/c1-9(16)4-2-3-6-15-11(17)14-7-5-12-8-10(14)13-15/h5,7-9,16H,2-4,6H2,1H3. The van der Waals surface area contributed by atoms with Crippen LogP contribution >= 0.6 is 0 Å². The van der Waals surface area contributed by atoms with Crippen molar-refractivity contribution in [2.45, 2.75) is 38.8 Å². The molecule has 2 aromatic heterocycles. The van der Waals surface area contributed by atoms with Gasteiger partial charge in [0.1, 0.15) is 0 Å². The first-order valence-corrected chi connectivity index (χ1v) is 5.76. The summed E-state index contributed by atoms with van der Waals surface area (Å²) in [7, 11) is 0. The van der Waals surface area contributed by atoms with Crippen molar-refractivity contribution >= 4 is 5.65 Å². The zero-order chi connectivity index (χ0) is 12.3. The van der Waals surface area contributed by atoms with Gasteiger partial charge in [-0.05, 0) is 26.2 Å². The van der Waals surface area contributed by atoms with Crippen molar-refractivity contribution < 1.29 is 5.11 Å². The summed E-state index contributed by atoms with van der Waals surface area (Å²) in [5.74, 6) is 0. The lowest BCUT2D eigenvalue weighted by Crippen LogP contribution is -2.21. The van der Waals surface area contributed by atoms with Crippen molar-refractivity contribution in [3.8, 4) is 0 Å². The third-order valence-corrected chi connectivity index (χ3v) is 2.63. The molecule has 1 atom stereocenters. The normalized spacial score (nSPS) is 13.1. The van der Waals surface area contributed by atoms with Crippen LogP contribution in [0.15, 0.2) is 23.4 Å². The Labute approximate surface area is 98.5 Å². The quantitative estimate of drug-likeness (QED) is 0.765. The Morgan fingerprint density at radius 1 is 1.47 bits per heavy atom. The molecule has 2 rings (SSSR count). The number of aromatic nitrogens is 4. The first kappa shape index (κ1) is 11.8. The predicted octanol–water partition coefficient (Wildman–Crippen LogP) is 0.442. The van der Waals surface area contributed by atoms with Gasteiger partial charge in [-0.1, -0.05) is 0 Å². The first-order valence-electron chi connectivity index (χ1n) is 5.76. The maximum absolute atomic E-state index is 11.8. The van der Waals surface area contributed by atoms with Crippen LogP contribution in [-0.2, 0) is 6.54 Å². The van der Waals surface area contributed by atoms with E-state index in [-0.39, 0.29) is 11.8 Å². The molecule has 0 saturated heterocycles. The zero-order valence-electron chi connectivity index (χ0n) is 9.78. The van der Waals surface area contributed by atoms with Gasteiger partial charge in [0.05, 0.1) is 12.3 Å². The van der Waals surface area contributed by atoms with E-state index in [4.69, 9.17) is 5.11 Å². The molecule has 0 radical (unpaired) electrons. The van der Waals surface area contributed by atoms with Gasteiger partial charge >= 0.3 is 5.69 Å². The number of hydrogen-bond acceptors (Lipinski definition) is 4. The molecule has 6 nitrogen and oxygen atoms in total. The summed E-state index contributed by atoms with van der Waals surface area (Å²) in [5.41, 5.74) is 0.424. The van der Waals surface area contributed by atoms with Crippen molar-refractivity contribution in [1.29, 1.82) is 0 Å². The van der Waals surface area contributed by atoms with Crippen molar-refractivity contribution in [2.24, 2.45) is 0 Å². The van der Waals surface area contributed by atoms with Gasteiger partial charge in [-0.15, -0.1) is 5.10 Å². The van der Waals surface area contributed by atoms with Crippen LogP contribution in [0.1, 0.15) is 26.2 Å². The van der Waals surface area contributed by atoms with Crippen molar-refractivity contribution in [2.75, 3.05) is 0 Å². The summed E-state index contributed by atoms with van der Waals surface area (Å²) in [6, 6.07) is 0. The maximum Gasteiger partial charge on any atom is 0.350 e. The second-order valence-corrected chi connectivity index (χ2v) is 4.16. The van der Waals surface area contributed by atoms with Gasteiger partial charge in [0.25, 0.3) is 0 Å². The van der Waals surface area contributed by atoms with Crippen LogP contribution in [0.3, 0.4) is 0 Å². The molecule has 92 valence electrons. The van der Waals surface area contributed by atoms with Crippen molar-refractivity contribution in [3.05, 3.63) is 29.1 Å². The third kappa shape index (κ3) is 2.71. The molecule has 1 unspecified atom stereocenters. The van der Waals surface area contributed by atoms with E-state index in [2.05, 4.69) is 10.1 Å². The van der Waals surface area contributed by atoms with Crippen LogP contribution in [0, 0.1) is 0 Å². The van der Waals surface area contributed by atoms with Crippen molar-refractivity contribution in [3.63, 3.8) is 0 Å². The van der Waals surface area contributed by atoms with E-state index in [9.17, 15) is 4.79 Å². The Morgan fingerprint density at radius 3 is 3.00 bits per heavy atom. The topological polar surface area (TPSA) is 72.4 Å². The molecule has 0 fully saturated rings. The smallest absolute Gasteiger partial charge is 0.350 e. The Hall–Kier alpha value is -1.69. The molecule has 2 aromatic rings. The predicted molar refractivity (Wildman–Crippen MR) is 62.8 cm³/mol. The lowest BCUT2D eigenvalue weighted by molar-refractivity contribution is 0.179. The summed E-state index contributed by atoms with van der Waals surface area (Å²) < 4.78 is 2.92. The average Bonchev–Trinajstić information content (AvgIpc) is 2.63. The fourth-order valence-electron chi connectivity index (χ4n) is 1.73. The summed E-state index contributed by atoms with van der Waals surface area (Å²) in [4.78, 5) is 15.8. The van der Waals surface area contributed by atoms with Crippen LogP contribution in [0.5, 0.6) is 0 Å². The number of aliphatic hydroxyl groups is 1. The highest BCUT2D eigenvalue weighted by Crippen LogP contribution is 2.01. The molecule has 0 aliphatic carbocycles.